The van der Waals surface area contributed by atoms with E-state index in [2.05, 4.69) is 5.32 Å². The van der Waals surface area contributed by atoms with Crippen LogP contribution in [0.3, 0.4) is 0 Å². The molecule has 2 atom stereocenters. The Labute approximate surface area is 79.0 Å². The highest BCUT2D eigenvalue weighted by atomic mass is 16.4. The van der Waals surface area contributed by atoms with Gasteiger partial charge in [0.05, 0.1) is 12.0 Å². The smallest absolute Gasteiger partial charge is 0.307 e. The van der Waals surface area contributed by atoms with Crippen molar-refractivity contribution in [2.75, 3.05) is 13.1 Å². The van der Waals surface area contributed by atoms with Crippen LogP contribution in [0.4, 0.5) is 0 Å². The summed E-state index contributed by atoms with van der Waals surface area (Å²) in [5.41, 5.74) is 0. The van der Waals surface area contributed by atoms with E-state index in [9.17, 15) is 4.79 Å². The van der Waals surface area contributed by atoms with Gasteiger partial charge in [-0.1, -0.05) is 6.92 Å². The highest BCUT2D eigenvalue weighted by Gasteiger charge is 2.08. The monoisotopic (exact) mass is 189 g/mol. The van der Waals surface area contributed by atoms with Crippen LogP contribution < -0.4 is 5.32 Å². The van der Waals surface area contributed by atoms with Crippen molar-refractivity contribution in [3.63, 3.8) is 0 Å². The number of rotatable bonds is 7. The molecule has 13 heavy (non-hydrogen) atoms. The van der Waals surface area contributed by atoms with E-state index in [1.165, 1.54) is 0 Å². The van der Waals surface area contributed by atoms with Crippen LogP contribution in [0.2, 0.25) is 0 Å². The standard InChI is InChI=1S/C9H19NO3/c1-7(9(12)13)6-10-5-3-4-8(2)11/h7-8,10-11H,3-6H2,1-2H3,(H,12,13). The Bertz CT molecular complexity index is 148. The summed E-state index contributed by atoms with van der Waals surface area (Å²) in [6, 6.07) is 0. The number of nitrogens with one attached hydrogen (secondary N) is 1. The summed E-state index contributed by atoms with van der Waals surface area (Å²) in [7, 11) is 0. The van der Waals surface area contributed by atoms with Gasteiger partial charge < -0.3 is 15.5 Å². The van der Waals surface area contributed by atoms with Crippen LogP contribution in [0.5, 0.6) is 0 Å². The fraction of sp³-hybridized carbons (Fsp3) is 0.889. The van der Waals surface area contributed by atoms with Crippen molar-refractivity contribution >= 4 is 5.97 Å². The maximum absolute atomic E-state index is 10.4. The Morgan fingerprint density at radius 1 is 1.46 bits per heavy atom. The number of carboxylic acids is 1. The third kappa shape index (κ3) is 7.74. The number of hydrogen-bond acceptors (Lipinski definition) is 3. The van der Waals surface area contributed by atoms with E-state index >= 15 is 0 Å². The van der Waals surface area contributed by atoms with Gasteiger partial charge in [-0.15, -0.1) is 0 Å². The summed E-state index contributed by atoms with van der Waals surface area (Å²) in [4.78, 5) is 10.4. The quantitative estimate of drug-likeness (QED) is 0.509. The average molecular weight is 189 g/mol. The van der Waals surface area contributed by atoms with Gasteiger partial charge in [0.15, 0.2) is 0 Å². The van der Waals surface area contributed by atoms with Crippen molar-refractivity contribution < 1.29 is 15.0 Å². The van der Waals surface area contributed by atoms with Crippen molar-refractivity contribution in [1.82, 2.24) is 5.32 Å². The summed E-state index contributed by atoms with van der Waals surface area (Å²) in [6.45, 7) is 4.68. The zero-order valence-corrected chi connectivity index (χ0v) is 8.29. The predicted octanol–water partition coefficient (Wildman–Crippen LogP) is 0.458. The summed E-state index contributed by atoms with van der Waals surface area (Å²) >= 11 is 0. The lowest BCUT2D eigenvalue weighted by atomic mass is 10.2. The summed E-state index contributed by atoms with van der Waals surface area (Å²) in [6.07, 6.45) is 1.37. The van der Waals surface area contributed by atoms with Gasteiger partial charge in [0, 0.05) is 6.54 Å². The van der Waals surface area contributed by atoms with E-state index in [1.54, 1.807) is 13.8 Å². The number of aliphatic hydroxyl groups is 1. The van der Waals surface area contributed by atoms with E-state index < -0.39 is 5.97 Å². The van der Waals surface area contributed by atoms with Gasteiger partial charge in [-0.05, 0) is 26.3 Å². The molecule has 0 saturated carbocycles. The highest BCUT2D eigenvalue weighted by molar-refractivity contribution is 5.69. The molecule has 0 saturated heterocycles. The third-order valence-electron chi connectivity index (χ3n) is 1.85. The number of carboxylic acid groups (broad SMARTS) is 1. The normalized spacial score (nSPS) is 15.3. The van der Waals surface area contributed by atoms with Crippen molar-refractivity contribution in [2.24, 2.45) is 5.92 Å². The molecular weight excluding hydrogens is 170 g/mol. The summed E-state index contributed by atoms with van der Waals surface area (Å²) in [5.74, 6) is -1.12. The van der Waals surface area contributed by atoms with Crippen LogP contribution in [0.25, 0.3) is 0 Å². The molecule has 0 rings (SSSR count). The van der Waals surface area contributed by atoms with Crippen LogP contribution in [-0.2, 0) is 4.79 Å². The van der Waals surface area contributed by atoms with Crippen LogP contribution in [-0.4, -0.2) is 35.4 Å². The molecule has 0 amide bonds. The average Bonchev–Trinajstić information content (AvgIpc) is 2.02. The van der Waals surface area contributed by atoms with Gasteiger partial charge in [-0.3, -0.25) is 4.79 Å². The third-order valence-corrected chi connectivity index (χ3v) is 1.85. The molecule has 0 fully saturated rings. The van der Waals surface area contributed by atoms with Gasteiger partial charge in [-0.25, -0.2) is 0 Å². The van der Waals surface area contributed by atoms with Crippen molar-refractivity contribution in [3.05, 3.63) is 0 Å². The van der Waals surface area contributed by atoms with Gasteiger partial charge >= 0.3 is 5.97 Å². The molecule has 0 heterocycles. The van der Waals surface area contributed by atoms with E-state index in [-0.39, 0.29) is 12.0 Å². The summed E-state index contributed by atoms with van der Waals surface area (Å²) in [5, 5.41) is 20.5. The Morgan fingerprint density at radius 2 is 2.08 bits per heavy atom. The predicted molar refractivity (Wildman–Crippen MR) is 50.6 cm³/mol. The fourth-order valence-electron chi connectivity index (χ4n) is 0.928. The summed E-state index contributed by atoms with van der Waals surface area (Å²) < 4.78 is 0. The zero-order chi connectivity index (χ0) is 10.3. The first-order valence-corrected chi connectivity index (χ1v) is 4.65. The SMILES string of the molecule is CC(O)CCCNCC(C)C(=O)O. The second kappa shape index (κ2) is 6.86. The van der Waals surface area contributed by atoms with E-state index in [0.717, 1.165) is 19.4 Å². The number of aliphatic hydroxyl groups excluding tert-OH is 1. The van der Waals surface area contributed by atoms with Gasteiger partial charge in [0.25, 0.3) is 0 Å². The maximum Gasteiger partial charge on any atom is 0.307 e. The number of aliphatic carboxylic acids is 1. The van der Waals surface area contributed by atoms with Gasteiger partial charge in [-0.2, -0.15) is 0 Å². The second-order valence-corrected chi connectivity index (χ2v) is 3.43. The van der Waals surface area contributed by atoms with Crippen molar-refractivity contribution in [2.45, 2.75) is 32.8 Å². The zero-order valence-electron chi connectivity index (χ0n) is 8.29. The topological polar surface area (TPSA) is 69.6 Å². The first-order chi connectivity index (χ1) is 6.04. The van der Waals surface area contributed by atoms with Gasteiger partial charge in [0.2, 0.25) is 0 Å². The first-order valence-electron chi connectivity index (χ1n) is 4.65. The minimum Gasteiger partial charge on any atom is -0.481 e. The van der Waals surface area contributed by atoms with Crippen LogP contribution in [0, 0.1) is 5.92 Å². The van der Waals surface area contributed by atoms with Crippen molar-refractivity contribution in [3.8, 4) is 0 Å². The molecule has 0 aromatic carbocycles. The molecule has 0 aromatic heterocycles. The molecule has 0 aliphatic rings. The van der Waals surface area contributed by atoms with Crippen LogP contribution in [0.15, 0.2) is 0 Å². The molecule has 0 aliphatic heterocycles. The molecule has 4 heteroatoms. The molecule has 0 radical (unpaired) electrons. The maximum atomic E-state index is 10.4. The minimum absolute atomic E-state index is 0.265. The Kier molecular flexibility index (Phi) is 6.54. The number of hydrogen-bond donors (Lipinski definition) is 3. The van der Waals surface area contributed by atoms with Gasteiger partial charge in [0.1, 0.15) is 0 Å². The lowest BCUT2D eigenvalue weighted by Crippen LogP contribution is -2.27. The molecule has 0 bridgehead atoms. The Morgan fingerprint density at radius 3 is 2.54 bits per heavy atom. The minimum atomic E-state index is -0.775. The molecule has 0 aromatic rings. The Balaban J connectivity index is 3.21. The first kappa shape index (κ1) is 12.4. The largest absolute Gasteiger partial charge is 0.481 e. The molecule has 78 valence electrons. The molecule has 3 N–H and O–H groups in total. The van der Waals surface area contributed by atoms with E-state index in [1.807, 2.05) is 0 Å². The Hall–Kier alpha value is -0.610. The van der Waals surface area contributed by atoms with E-state index in [0.29, 0.717) is 6.54 Å². The van der Waals surface area contributed by atoms with Crippen LogP contribution >= 0.6 is 0 Å². The molecular formula is C9H19NO3. The molecule has 4 nitrogen and oxygen atoms in total. The van der Waals surface area contributed by atoms with E-state index in [4.69, 9.17) is 10.2 Å². The molecule has 0 aliphatic carbocycles. The molecule has 0 spiro atoms. The second-order valence-electron chi connectivity index (χ2n) is 3.43. The lowest BCUT2D eigenvalue weighted by molar-refractivity contribution is -0.140. The molecule has 2 unspecified atom stereocenters. The number of carbonyl (C=O) groups is 1. The fourth-order valence-corrected chi connectivity index (χ4v) is 0.928. The van der Waals surface area contributed by atoms with Crippen LogP contribution in [0.1, 0.15) is 26.7 Å². The lowest BCUT2D eigenvalue weighted by Gasteiger charge is -2.08. The van der Waals surface area contributed by atoms with Crippen molar-refractivity contribution in [1.29, 1.82) is 0 Å². The highest BCUT2D eigenvalue weighted by Crippen LogP contribution is 1.95.